The molecular weight excluding hydrogens is 898 g/mol. The lowest BCUT2D eigenvalue weighted by Gasteiger charge is -2.30. The average Bonchev–Trinajstić information content (AvgIpc) is 3.93. The van der Waals surface area contributed by atoms with E-state index in [2.05, 4.69) is 44.3 Å². The molecule has 2 aliphatic rings. The number of anilines is 1. The summed E-state index contributed by atoms with van der Waals surface area (Å²) in [6.07, 6.45) is 9.89. The van der Waals surface area contributed by atoms with Crippen molar-refractivity contribution in [1.82, 2.24) is 34.0 Å². The van der Waals surface area contributed by atoms with Gasteiger partial charge in [-0.05, 0) is 99.5 Å². The number of rotatable bonds is 16. The van der Waals surface area contributed by atoms with Gasteiger partial charge < -0.3 is 20.5 Å². The van der Waals surface area contributed by atoms with Crippen LogP contribution < -0.4 is 10.6 Å². The van der Waals surface area contributed by atoms with Crippen LogP contribution in [0.25, 0.3) is 21.6 Å². The van der Waals surface area contributed by atoms with Crippen LogP contribution in [0.5, 0.6) is 0 Å². The molecule has 1 fully saturated rings. The number of hydrogen-bond donors (Lipinski definition) is 3. The molecule has 4 aromatic heterocycles. The van der Waals surface area contributed by atoms with Crippen LogP contribution in [-0.2, 0) is 43.1 Å². The second-order valence-corrected chi connectivity index (χ2v) is 19.6. The van der Waals surface area contributed by atoms with Gasteiger partial charge in [0.25, 0.3) is 0 Å². The summed E-state index contributed by atoms with van der Waals surface area (Å²) in [5, 5.41) is 29.7. The first kappa shape index (κ1) is 48.3. The zero-order valence-electron chi connectivity index (χ0n) is 37.9. The summed E-state index contributed by atoms with van der Waals surface area (Å²) in [6.45, 7) is 10.2. The number of aryl methyl sites for hydroxylation is 2. The summed E-state index contributed by atoms with van der Waals surface area (Å²) in [5.41, 5.74) is 7.89. The van der Waals surface area contributed by atoms with Crippen molar-refractivity contribution in [2.75, 3.05) is 32.1 Å². The largest absolute Gasteiger partial charge is 0.481 e. The fourth-order valence-electron chi connectivity index (χ4n) is 8.17. The fourth-order valence-corrected chi connectivity index (χ4v) is 10.9. The molecule has 1 unspecified atom stereocenters. The highest BCUT2D eigenvalue weighted by atomic mass is 35.5. The van der Waals surface area contributed by atoms with E-state index in [-0.39, 0.29) is 24.3 Å². The zero-order chi connectivity index (χ0) is 46.9. The second-order valence-electron chi connectivity index (χ2n) is 16.5. The van der Waals surface area contributed by atoms with Crippen LogP contribution in [0, 0.1) is 20.8 Å². The maximum atomic E-state index is 14.0. The summed E-state index contributed by atoms with van der Waals surface area (Å²) in [4.78, 5) is 41.8. The van der Waals surface area contributed by atoms with Crippen LogP contribution in [0.4, 0.5) is 5.69 Å². The zero-order valence-corrected chi connectivity index (χ0v) is 40.3. The van der Waals surface area contributed by atoms with Crippen molar-refractivity contribution in [3.8, 4) is 16.1 Å². The summed E-state index contributed by atoms with van der Waals surface area (Å²) in [7, 11) is 0.203. The number of aliphatic carboxylic acids is 1. The Hall–Kier alpha value is -5.59. The van der Waals surface area contributed by atoms with Gasteiger partial charge >= 0.3 is 5.97 Å². The summed E-state index contributed by atoms with van der Waals surface area (Å²) in [5.74, 6) is 0.729. The maximum Gasteiger partial charge on any atom is 0.307 e. The number of hydrogen-bond acceptors (Lipinski definition) is 10. The number of unbranched alkanes of at least 4 members (excludes halogenated alkanes) is 4. The minimum atomic E-state index is -1.49. The molecule has 3 N–H and O–H groups in total. The van der Waals surface area contributed by atoms with Crippen molar-refractivity contribution in [2.24, 2.45) is 4.99 Å². The number of methoxy groups -OCH3 is 1. The molecule has 6 heterocycles. The third kappa shape index (κ3) is 11.7. The van der Waals surface area contributed by atoms with Crippen molar-refractivity contribution in [1.29, 1.82) is 0 Å². The molecule has 0 saturated carbocycles. The lowest BCUT2D eigenvalue weighted by molar-refractivity contribution is -0.136. The Morgan fingerprint density at radius 2 is 1.70 bits per heavy atom. The number of halogens is 1. The van der Waals surface area contributed by atoms with E-state index >= 15 is 0 Å². The van der Waals surface area contributed by atoms with E-state index in [0.29, 0.717) is 54.3 Å². The molecule has 2 aromatic carbocycles. The molecule has 15 nitrogen and oxygen atoms in total. The van der Waals surface area contributed by atoms with Gasteiger partial charge in [0.2, 0.25) is 11.8 Å². The molecule has 1 atom stereocenters. The number of piperidine rings is 1. The predicted molar refractivity (Wildman–Crippen MR) is 259 cm³/mol. The molecule has 18 heteroatoms. The summed E-state index contributed by atoms with van der Waals surface area (Å²) in [6, 6.07) is 17.1. The van der Waals surface area contributed by atoms with Crippen LogP contribution in [0.15, 0.2) is 76.9 Å². The number of carbonyl (C=O) groups excluding carboxylic acids is 2. The second kappa shape index (κ2) is 22.3. The Kier molecular flexibility index (Phi) is 16.3. The highest BCUT2D eigenvalue weighted by Gasteiger charge is 2.28. The third-order valence-electron chi connectivity index (χ3n) is 11.8. The Bertz CT molecular complexity index is 2760. The number of fused-ring (bicyclic) bond motifs is 4. The quantitative estimate of drug-likeness (QED) is 0.0801. The number of aliphatic imine (C=N–C) groups is 1. The van der Waals surface area contributed by atoms with Gasteiger partial charge in [0.15, 0.2) is 5.82 Å². The molecule has 1 saturated heterocycles. The van der Waals surface area contributed by atoms with E-state index in [1.807, 2.05) is 59.8 Å². The van der Waals surface area contributed by atoms with Gasteiger partial charge in [-0.1, -0.05) is 49.1 Å². The highest BCUT2D eigenvalue weighted by Crippen LogP contribution is 2.37. The normalized spacial score (nSPS) is 14.4. The number of aromatic nitrogens is 5. The first-order valence-corrected chi connectivity index (χ1v) is 24.5. The standard InChI is InChI=1S/C31H41N5O6S.C17H15ClN4S/c1-22(37)32-14-7-5-3-4-6-8-30(38)34-25-9-10-27(29(20-25)43(41)35-15-12-26(42-2)13-16-35)23-11-17-36-28(18-23)24(21-33-36)19-31(39)40;1-9-10(2)23-17-15(9)16(12-4-6-13(18)7-5-12)19-8-14-21-20-11(3)22(14)17/h9-11,17-18,20-21,26H,3-8,12-16,19H2,1-2H3,(H,32,37)(H,34,38)(H,39,40);4-7H,8H2,1-3H3. The van der Waals surface area contributed by atoms with Crippen LogP contribution >= 0.6 is 22.9 Å². The molecule has 348 valence electrons. The molecule has 0 spiro atoms. The van der Waals surface area contributed by atoms with Gasteiger partial charge in [0.1, 0.15) is 28.4 Å². The number of nitrogens with zero attached hydrogens (tertiary/aromatic N) is 7. The van der Waals surface area contributed by atoms with Crippen molar-refractivity contribution >= 4 is 68.6 Å². The number of ether oxygens (including phenoxy) is 1. The van der Waals surface area contributed by atoms with E-state index in [0.717, 1.165) is 89.0 Å². The van der Waals surface area contributed by atoms with E-state index in [9.17, 15) is 23.7 Å². The lowest BCUT2D eigenvalue weighted by Crippen LogP contribution is -2.37. The van der Waals surface area contributed by atoms with E-state index in [1.165, 1.54) is 22.9 Å². The molecule has 6 aromatic rings. The highest BCUT2D eigenvalue weighted by molar-refractivity contribution is 7.82. The van der Waals surface area contributed by atoms with E-state index < -0.39 is 17.0 Å². The number of benzene rings is 2. The average molecular weight is 955 g/mol. The minimum Gasteiger partial charge on any atom is -0.481 e. The Morgan fingerprint density at radius 3 is 2.42 bits per heavy atom. The smallest absolute Gasteiger partial charge is 0.307 e. The predicted octanol–water partition coefficient (Wildman–Crippen LogP) is 8.44. The Morgan fingerprint density at radius 1 is 0.955 bits per heavy atom. The van der Waals surface area contributed by atoms with Gasteiger partial charge in [-0.2, -0.15) is 5.10 Å². The van der Waals surface area contributed by atoms with Crippen LogP contribution in [-0.4, -0.2) is 94.3 Å². The van der Waals surface area contributed by atoms with E-state index in [4.69, 9.17) is 21.3 Å². The molecule has 0 radical (unpaired) electrons. The Labute approximate surface area is 396 Å². The van der Waals surface area contributed by atoms with Crippen molar-refractivity contribution < 1.29 is 28.4 Å². The first-order chi connectivity index (χ1) is 31.8. The number of nitrogens with one attached hydrogen (secondary N) is 2. The first-order valence-electron chi connectivity index (χ1n) is 22.2. The van der Waals surface area contributed by atoms with Crippen LogP contribution in [0.2, 0.25) is 5.02 Å². The van der Waals surface area contributed by atoms with Crippen LogP contribution in [0.1, 0.15) is 97.1 Å². The number of carboxylic acids is 1. The number of amides is 2. The van der Waals surface area contributed by atoms with Crippen LogP contribution in [0.3, 0.4) is 0 Å². The minimum absolute atomic E-state index is 0.0170. The molecular formula is C48H56ClN9O6S2. The van der Waals surface area contributed by atoms with Gasteiger partial charge in [-0.15, -0.1) is 21.5 Å². The number of carboxylic acid groups (broad SMARTS) is 1. The molecule has 0 aliphatic carbocycles. The number of thiophene rings is 1. The monoisotopic (exact) mass is 953 g/mol. The molecule has 2 aliphatic heterocycles. The Balaban J connectivity index is 0.000000234. The lowest BCUT2D eigenvalue weighted by atomic mass is 10.00. The molecule has 0 bridgehead atoms. The number of carbonyl (C=O) groups is 3. The molecule has 66 heavy (non-hydrogen) atoms. The van der Waals surface area contributed by atoms with E-state index in [1.54, 1.807) is 41.4 Å². The SMILES string of the molecule is COC1CCN(S(=O)c2cc(NC(=O)CCCCCCCNC(C)=O)ccc2-c2ccn3ncc(CC(=O)O)c3c2)CC1.Cc1sc2c(c1C)C(c1ccc(Cl)cc1)=NCc1nnc(C)n1-2. The van der Waals surface area contributed by atoms with Gasteiger partial charge in [0.05, 0.1) is 34.8 Å². The molecule has 8 rings (SSSR count). The number of pyridine rings is 1. The van der Waals surface area contributed by atoms with Gasteiger partial charge in [-0.25, -0.2) is 13.0 Å². The topological polar surface area (TPSA) is 185 Å². The summed E-state index contributed by atoms with van der Waals surface area (Å²) >= 11 is 7.80. The van der Waals surface area contributed by atoms with Gasteiger partial charge in [0, 0.05) is 78.6 Å². The fraction of sp³-hybridized carbons (Fsp3) is 0.396. The van der Waals surface area contributed by atoms with Gasteiger partial charge in [-0.3, -0.25) is 23.9 Å². The molecule has 2 amide bonds. The van der Waals surface area contributed by atoms with Crippen molar-refractivity contribution in [2.45, 2.75) is 103 Å². The van der Waals surface area contributed by atoms with Crippen molar-refractivity contribution in [3.63, 3.8) is 0 Å². The summed E-state index contributed by atoms with van der Waals surface area (Å²) < 4.78 is 25.2. The maximum absolute atomic E-state index is 14.0. The third-order valence-corrected chi connectivity index (χ3v) is 14.8. The van der Waals surface area contributed by atoms with Crippen molar-refractivity contribution in [3.05, 3.63) is 111 Å².